The van der Waals surface area contributed by atoms with Gasteiger partial charge in [0.15, 0.2) is 0 Å². The minimum atomic E-state index is -1.54. The van der Waals surface area contributed by atoms with Crippen LogP contribution in [0.15, 0.2) is 102 Å². The normalized spacial score (nSPS) is 23.0. The third-order valence-electron chi connectivity index (χ3n) is 12.1. The Morgan fingerprint density at radius 2 is 1.79 bits per heavy atom. The van der Waals surface area contributed by atoms with E-state index in [0.29, 0.717) is 41.2 Å². The molecule has 0 spiro atoms. The van der Waals surface area contributed by atoms with Crippen molar-refractivity contribution in [3.05, 3.63) is 130 Å². The fourth-order valence-corrected chi connectivity index (χ4v) is 9.34. The summed E-state index contributed by atoms with van der Waals surface area (Å²) in [6.45, 7) is 4.09. The maximum Gasteiger partial charge on any atom is 0.269 e. The van der Waals surface area contributed by atoms with Crippen LogP contribution in [-0.4, -0.2) is 102 Å². The second kappa shape index (κ2) is 22.8. The number of benzene rings is 3. The number of nitro groups is 1. The number of carbonyl (C=O) groups is 1. The van der Waals surface area contributed by atoms with E-state index in [1.54, 1.807) is 53.5 Å². The van der Waals surface area contributed by atoms with Crippen molar-refractivity contribution in [2.45, 2.75) is 69.3 Å². The zero-order chi connectivity index (χ0) is 44.8. The molecule has 0 aromatic heterocycles. The van der Waals surface area contributed by atoms with Crippen molar-refractivity contribution in [2.75, 3.05) is 53.3 Å². The number of non-ortho nitro benzene ring substituents is 1. The molecule has 0 radical (unpaired) electrons. The fourth-order valence-electron chi connectivity index (χ4n) is 9.34. The molecule has 0 saturated heterocycles. The summed E-state index contributed by atoms with van der Waals surface area (Å²) in [5.74, 6) is -2.25. The van der Waals surface area contributed by atoms with Gasteiger partial charge in [0.1, 0.15) is 37.1 Å². The van der Waals surface area contributed by atoms with E-state index in [-0.39, 0.29) is 88.5 Å². The van der Waals surface area contributed by atoms with Crippen molar-refractivity contribution in [1.82, 2.24) is 4.90 Å². The summed E-state index contributed by atoms with van der Waals surface area (Å²) in [5, 5.41) is 45.2. The molecule has 1 saturated carbocycles. The molecule has 338 valence electrons. The maximum atomic E-state index is 14.7. The first-order valence-corrected chi connectivity index (χ1v) is 21.6. The van der Waals surface area contributed by atoms with E-state index in [2.05, 4.69) is 17.8 Å². The standard InChI is InChI=1S/C48H58FN3O11/c1-3-26-62-48-44(51(22-27-60-28-25-55)45(56)21-16-33-14-17-36(18-15-33)52(57)58)31-42(50-59-2)39-29-34(10-6-8-23-53)38(12-7-9-24-54)46(47(39)48)40-30-37(19-20-43(40)63-48)61-32-35-11-4-5-13-41(35)49/h3-5,11,13-21,29-30,34,38,44,46-47,53-55H,1,6-10,12,22-28,31-32H2,2H3/t34-,38+,44-,46+,47+,48+/m0/s1. The number of carbonyl (C=O) groups excluding carboxylic acids is 1. The molecule has 3 N–H and O–H groups in total. The van der Waals surface area contributed by atoms with Crippen LogP contribution >= 0.6 is 0 Å². The summed E-state index contributed by atoms with van der Waals surface area (Å²) in [5.41, 5.74) is 3.19. The highest BCUT2D eigenvalue weighted by atomic mass is 19.1. The number of aliphatic hydroxyl groups excluding tert-OH is 3. The highest BCUT2D eigenvalue weighted by Crippen LogP contribution is 2.62. The van der Waals surface area contributed by atoms with E-state index in [1.807, 2.05) is 12.1 Å². The average molecular weight is 872 g/mol. The first-order chi connectivity index (χ1) is 30.7. The monoisotopic (exact) mass is 871 g/mol. The van der Waals surface area contributed by atoms with Crippen molar-refractivity contribution in [2.24, 2.45) is 22.9 Å². The maximum absolute atomic E-state index is 14.7. The lowest BCUT2D eigenvalue weighted by atomic mass is 9.55. The molecule has 63 heavy (non-hydrogen) atoms. The van der Waals surface area contributed by atoms with Crippen LogP contribution in [0.25, 0.3) is 6.08 Å². The van der Waals surface area contributed by atoms with E-state index in [0.717, 1.165) is 36.8 Å². The Hall–Kier alpha value is -5.45. The van der Waals surface area contributed by atoms with Crippen LogP contribution in [0.5, 0.6) is 11.5 Å². The van der Waals surface area contributed by atoms with E-state index >= 15 is 0 Å². The molecule has 1 heterocycles. The van der Waals surface area contributed by atoms with Crippen LogP contribution in [0.2, 0.25) is 0 Å². The number of aliphatic hydroxyl groups is 3. The predicted molar refractivity (Wildman–Crippen MR) is 234 cm³/mol. The predicted octanol–water partition coefficient (Wildman–Crippen LogP) is 7.13. The number of rotatable bonds is 24. The Morgan fingerprint density at radius 1 is 1.03 bits per heavy atom. The number of allylic oxidation sites excluding steroid dienone is 1. The van der Waals surface area contributed by atoms with E-state index in [9.17, 15) is 34.6 Å². The topological polar surface area (TPSA) is 183 Å². The summed E-state index contributed by atoms with van der Waals surface area (Å²) < 4.78 is 41.0. The van der Waals surface area contributed by atoms with Gasteiger partial charge in [0.2, 0.25) is 11.7 Å². The Bertz CT molecular complexity index is 2110. The number of hydrogen-bond donors (Lipinski definition) is 3. The largest absolute Gasteiger partial charge is 0.489 e. The van der Waals surface area contributed by atoms with Crippen molar-refractivity contribution >= 4 is 23.4 Å². The number of nitrogens with zero attached hydrogens (tertiary/aromatic N) is 3. The van der Waals surface area contributed by atoms with E-state index in [4.69, 9.17) is 23.8 Å². The van der Waals surface area contributed by atoms with Crippen LogP contribution in [0.4, 0.5) is 10.1 Å². The van der Waals surface area contributed by atoms with Gasteiger partial charge in [0.05, 0.1) is 43.0 Å². The Morgan fingerprint density at radius 3 is 2.49 bits per heavy atom. The van der Waals surface area contributed by atoms with Crippen molar-refractivity contribution in [3.63, 3.8) is 0 Å². The van der Waals surface area contributed by atoms with E-state index < -0.39 is 28.6 Å². The molecule has 15 heteroatoms. The Balaban J connectivity index is 1.53. The van der Waals surface area contributed by atoms with Gasteiger partial charge < -0.3 is 44.0 Å². The van der Waals surface area contributed by atoms with Gasteiger partial charge in [-0.05, 0) is 91.1 Å². The lowest BCUT2D eigenvalue weighted by Gasteiger charge is -2.60. The Kier molecular flexibility index (Phi) is 17.0. The van der Waals surface area contributed by atoms with Crippen molar-refractivity contribution in [1.29, 1.82) is 0 Å². The smallest absolute Gasteiger partial charge is 0.269 e. The molecule has 3 aromatic carbocycles. The van der Waals surface area contributed by atoms with Crippen LogP contribution in [0, 0.1) is 33.7 Å². The quantitative estimate of drug-likeness (QED) is 0.0274. The number of amides is 1. The average Bonchev–Trinajstić information content (AvgIpc) is 3.29. The van der Waals surface area contributed by atoms with Crippen LogP contribution in [0.1, 0.15) is 67.6 Å². The molecule has 3 aromatic rings. The number of unbranched alkanes of at least 4 members (excludes halogenated alkanes) is 2. The minimum absolute atomic E-state index is 0.00278. The van der Waals surface area contributed by atoms with Gasteiger partial charge >= 0.3 is 0 Å². The molecule has 0 bridgehead atoms. The molecule has 2 aliphatic carbocycles. The number of oxime groups is 1. The zero-order valence-corrected chi connectivity index (χ0v) is 35.7. The molecule has 6 atom stereocenters. The van der Waals surface area contributed by atoms with Crippen molar-refractivity contribution in [3.8, 4) is 11.5 Å². The molecule has 0 unspecified atom stereocenters. The SMILES string of the molecule is C=CCO[C@@]12Oc3ccc(OCc4ccccc4F)cc3[C@H]3[C@H](CCCCO)[C@@H](CCCCO)C=C(C(=NOC)C[C@@H]1N(CCOCCO)C(=O)C=Cc1ccc([N+](=O)[O-])cc1)[C@H]32. The molecule has 1 amide bonds. The van der Waals surface area contributed by atoms with Gasteiger partial charge in [0.25, 0.3) is 5.69 Å². The highest BCUT2D eigenvalue weighted by Gasteiger charge is 2.65. The van der Waals surface area contributed by atoms with Gasteiger partial charge in [-0.15, -0.1) is 6.58 Å². The summed E-state index contributed by atoms with van der Waals surface area (Å²) in [4.78, 5) is 32.7. The molecule has 1 fully saturated rings. The molecule has 6 rings (SSSR count). The molecule has 1 aliphatic heterocycles. The molecular weight excluding hydrogens is 814 g/mol. The van der Waals surface area contributed by atoms with Gasteiger partial charge in [-0.1, -0.05) is 48.3 Å². The van der Waals surface area contributed by atoms with Gasteiger partial charge in [0, 0.05) is 61.4 Å². The number of nitro benzene ring substituents is 1. The fraction of sp³-hybridized carbons (Fsp3) is 0.458. The third kappa shape index (κ3) is 11.0. The van der Waals surface area contributed by atoms with Crippen LogP contribution in [-0.2, 0) is 25.7 Å². The third-order valence-corrected chi connectivity index (χ3v) is 12.1. The first kappa shape index (κ1) is 47.0. The highest BCUT2D eigenvalue weighted by molar-refractivity contribution is 6.03. The summed E-state index contributed by atoms with van der Waals surface area (Å²) in [6.07, 6.45) is 11.2. The van der Waals surface area contributed by atoms with Crippen LogP contribution < -0.4 is 9.47 Å². The van der Waals surface area contributed by atoms with Gasteiger partial charge in [-0.2, -0.15) is 0 Å². The number of fused-ring (bicyclic) bond motifs is 2. The molecule has 14 nitrogen and oxygen atoms in total. The number of hydrogen-bond acceptors (Lipinski definition) is 12. The second-order valence-electron chi connectivity index (χ2n) is 15.9. The molecule has 3 aliphatic rings. The summed E-state index contributed by atoms with van der Waals surface area (Å²) in [6, 6.07) is 17.0. The number of ether oxygens (including phenoxy) is 4. The van der Waals surface area contributed by atoms with Crippen molar-refractivity contribution < 1.29 is 53.2 Å². The minimum Gasteiger partial charge on any atom is -0.489 e. The summed E-state index contributed by atoms with van der Waals surface area (Å²) in [7, 11) is 1.47. The second-order valence-corrected chi connectivity index (χ2v) is 15.9. The first-order valence-electron chi connectivity index (χ1n) is 21.6. The lowest BCUT2D eigenvalue weighted by molar-refractivity contribution is -0.384. The van der Waals surface area contributed by atoms with Crippen LogP contribution in [0.3, 0.4) is 0 Å². The van der Waals surface area contributed by atoms with Gasteiger partial charge in [-0.25, -0.2) is 4.39 Å². The zero-order valence-electron chi connectivity index (χ0n) is 35.7. The molecular formula is C48H58FN3O11. The number of halogens is 1. The lowest BCUT2D eigenvalue weighted by Crippen LogP contribution is -2.70. The van der Waals surface area contributed by atoms with Gasteiger partial charge in [-0.3, -0.25) is 14.9 Å². The Labute approximate surface area is 367 Å². The summed E-state index contributed by atoms with van der Waals surface area (Å²) >= 11 is 0. The van der Waals surface area contributed by atoms with E-state index in [1.165, 1.54) is 31.4 Å².